The molecular formula is C12H23NO2. The molecule has 3 nitrogen and oxygen atoms in total. The van der Waals surface area contributed by atoms with Crippen LogP contribution in [0.1, 0.15) is 26.2 Å². The minimum absolute atomic E-state index is 0.135. The van der Waals surface area contributed by atoms with Crippen LogP contribution in [0.3, 0.4) is 0 Å². The van der Waals surface area contributed by atoms with E-state index in [1.54, 1.807) is 0 Å². The Morgan fingerprint density at radius 1 is 1.33 bits per heavy atom. The van der Waals surface area contributed by atoms with Crippen LogP contribution in [0.2, 0.25) is 0 Å². The first kappa shape index (κ1) is 11.4. The molecule has 2 rings (SSSR count). The first-order valence-electron chi connectivity index (χ1n) is 6.24. The molecule has 0 aromatic carbocycles. The minimum atomic E-state index is -0.135. The number of hydrogen-bond donors (Lipinski definition) is 1. The van der Waals surface area contributed by atoms with Crippen LogP contribution in [-0.2, 0) is 4.74 Å². The number of rotatable bonds is 3. The van der Waals surface area contributed by atoms with Crippen molar-refractivity contribution >= 4 is 0 Å². The van der Waals surface area contributed by atoms with Gasteiger partial charge in [-0.2, -0.15) is 0 Å². The van der Waals surface area contributed by atoms with Crippen molar-refractivity contribution in [3.63, 3.8) is 0 Å². The molecule has 15 heavy (non-hydrogen) atoms. The highest BCUT2D eigenvalue weighted by atomic mass is 16.5. The van der Waals surface area contributed by atoms with Gasteiger partial charge in [-0.05, 0) is 44.6 Å². The Bertz CT molecular complexity index is 190. The highest BCUT2D eigenvalue weighted by molar-refractivity contribution is 4.80. The van der Waals surface area contributed by atoms with Gasteiger partial charge in [-0.15, -0.1) is 0 Å². The molecule has 0 aromatic heterocycles. The number of aliphatic hydroxyl groups is 1. The number of hydrogen-bond acceptors (Lipinski definition) is 3. The van der Waals surface area contributed by atoms with Crippen LogP contribution in [0, 0.1) is 11.8 Å². The van der Waals surface area contributed by atoms with Crippen molar-refractivity contribution < 1.29 is 9.84 Å². The second-order valence-corrected chi connectivity index (χ2v) is 5.10. The lowest BCUT2D eigenvalue weighted by molar-refractivity contribution is 0.0535. The molecule has 2 aliphatic rings. The molecule has 2 saturated heterocycles. The first-order chi connectivity index (χ1) is 7.25. The van der Waals surface area contributed by atoms with Gasteiger partial charge in [-0.1, -0.05) is 0 Å². The van der Waals surface area contributed by atoms with Gasteiger partial charge in [-0.3, -0.25) is 0 Å². The fourth-order valence-corrected chi connectivity index (χ4v) is 2.72. The van der Waals surface area contributed by atoms with Crippen LogP contribution in [-0.4, -0.2) is 49.0 Å². The molecule has 88 valence electrons. The third kappa shape index (κ3) is 3.16. The van der Waals surface area contributed by atoms with Crippen molar-refractivity contribution in [3.8, 4) is 0 Å². The van der Waals surface area contributed by atoms with Crippen LogP contribution in [0.25, 0.3) is 0 Å². The van der Waals surface area contributed by atoms with Gasteiger partial charge in [0, 0.05) is 26.3 Å². The van der Waals surface area contributed by atoms with E-state index in [9.17, 15) is 5.11 Å². The molecule has 3 heteroatoms. The summed E-state index contributed by atoms with van der Waals surface area (Å²) in [5.74, 6) is 1.33. The summed E-state index contributed by atoms with van der Waals surface area (Å²) in [5.41, 5.74) is 0. The maximum Gasteiger partial charge on any atom is 0.0552 e. The van der Waals surface area contributed by atoms with Crippen LogP contribution < -0.4 is 0 Å². The molecular weight excluding hydrogens is 190 g/mol. The van der Waals surface area contributed by atoms with Gasteiger partial charge in [0.2, 0.25) is 0 Å². The molecule has 1 N–H and O–H groups in total. The standard InChI is InChI=1S/C12H23NO2/c1-10(14)12-2-5-13(9-12)8-11-3-6-15-7-4-11/h10-12,14H,2-9H2,1H3. The summed E-state index contributed by atoms with van der Waals surface area (Å²) in [6, 6.07) is 0. The fourth-order valence-electron chi connectivity index (χ4n) is 2.72. The zero-order valence-electron chi connectivity index (χ0n) is 9.69. The summed E-state index contributed by atoms with van der Waals surface area (Å²) in [4.78, 5) is 2.52. The predicted octanol–water partition coefficient (Wildman–Crippen LogP) is 1.12. The SMILES string of the molecule is CC(O)C1CCN(CC2CCOCC2)C1. The van der Waals surface area contributed by atoms with E-state index < -0.39 is 0 Å². The number of likely N-dealkylation sites (tertiary alicyclic amines) is 1. The van der Waals surface area contributed by atoms with Gasteiger partial charge < -0.3 is 14.7 Å². The van der Waals surface area contributed by atoms with Crippen molar-refractivity contribution in [2.45, 2.75) is 32.3 Å². The fraction of sp³-hybridized carbons (Fsp3) is 1.00. The third-order valence-electron chi connectivity index (χ3n) is 3.85. The van der Waals surface area contributed by atoms with Gasteiger partial charge in [-0.25, -0.2) is 0 Å². The Labute approximate surface area is 92.4 Å². The number of aliphatic hydroxyl groups excluding tert-OH is 1. The maximum absolute atomic E-state index is 9.53. The van der Waals surface area contributed by atoms with Crippen molar-refractivity contribution in [1.82, 2.24) is 4.90 Å². The zero-order chi connectivity index (χ0) is 10.7. The van der Waals surface area contributed by atoms with E-state index >= 15 is 0 Å². The zero-order valence-corrected chi connectivity index (χ0v) is 9.69. The summed E-state index contributed by atoms with van der Waals surface area (Å²) < 4.78 is 5.37. The maximum atomic E-state index is 9.53. The average Bonchev–Trinajstić information content (AvgIpc) is 2.68. The van der Waals surface area contributed by atoms with E-state index in [1.165, 1.54) is 32.4 Å². The van der Waals surface area contributed by atoms with E-state index in [1.807, 2.05) is 6.92 Å². The smallest absolute Gasteiger partial charge is 0.0552 e. The summed E-state index contributed by atoms with van der Waals surface area (Å²) in [6.45, 7) is 7.29. The lowest BCUT2D eigenvalue weighted by Gasteiger charge is -2.27. The average molecular weight is 213 g/mol. The Balaban J connectivity index is 1.71. The van der Waals surface area contributed by atoms with Gasteiger partial charge >= 0.3 is 0 Å². The van der Waals surface area contributed by atoms with E-state index in [4.69, 9.17) is 4.74 Å². The predicted molar refractivity (Wildman–Crippen MR) is 59.8 cm³/mol. The van der Waals surface area contributed by atoms with E-state index in [2.05, 4.69) is 4.90 Å². The molecule has 2 heterocycles. The number of nitrogens with zero attached hydrogens (tertiary/aromatic N) is 1. The lowest BCUT2D eigenvalue weighted by atomic mass is 10.00. The van der Waals surface area contributed by atoms with E-state index in [0.717, 1.165) is 25.7 Å². The third-order valence-corrected chi connectivity index (χ3v) is 3.85. The van der Waals surface area contributed by atoms with Crippen LogP contribution in [0.5, 0.6) is 0 Å². The normalized spacial score (nSPS) is 32.0. The van der Waals surface area contributed by atoms with Gasteiger partial charge in [0.25, 0.3) is 0 Å². The summed E-state index contributed by atoms with van der Waals surface area (Å²) >= 11 is 0. The number of ether oxygens (including phenoxy) is 1. The molecule has 2 unspecified atom stereocenters. The molecule has 0 aliphatic carbocycles. The second kappa shape index (κ2) is 5.28. The Morgan fingerprint density at radius 3 is 2.67 bits per heavy atom. The summed E-state index contributed by atoms with van der Waals surface area (Å²) in [6.07, 6.45) is 3.47. The van der Waals surface area contributed by atoms with E-state index in [0.29, 0.717) is 5.92 Å². The van der Waals surface area contributed by atoms with Crippen LogP contribution in [0.4, 0.5) is 0 Å². The Hall–Kier alpha value is -0.120. The molecule has 0 aromatic rings. The first-order valence-corrected chi connectivity index (χ1v) is 6.24. The summed E-state index contributed by atoms with van der Waals surface area (Å²) in [5, 5.41) is 9.53. The van der Waals surface area contributed by atoms with Crippen LogP contribution >= 0.6 is 0 Å². The summed E-state index contributed by atoms with van der Waals surface area (Å²) in [7, 11) is 0. The molecule has 2 fully saturated rings. The molecule has 0 spiro atoms. The Kier molecular flexibility index (Phi) is 4.00. The minimum Gasteiger partial charge on any atom is -0.393 e. The topological polar surface area (TPSA) is 32.7 Å². The quantitative estimate of drug-likeness (QED) is 0.762. The van der Waals surface area contributed by atoms with Gasteiger partial charge in [0.05, 0.1) is 6.10 Å². The van der Waals surface area contributed by atoms with Crippen molar-refractivity contribution in [3.05, 3.63) is 0 Å². The second-order valence-electron chi connectivity index (χ2n) is 5.10. The van der Waals surface area contributed by atoms with E-state index in [-0.39, 0.29) is 6.10 Å². The van der Waals surface area contributed by atoms with Crippen LogP contribution in [0.15, 0.2) is 0 Å². The lowest BCUT2D eigenvalue weighted by Crippen LogP contribution is -2.32. The largest absolute Gasteiger partial charge is 0.393 e. The molecule has 2 atom stereocenters. The molecule has 0 amide bonds. The van der Waals surface area contributed by atoms with Gasteiger partial charge in [0.15, 0.2) is 0 Å². The monoisotopic (exact) mass is 213 g/mol. The molecule has 0 saturated carbocycles. The van der Waals surface area contributed by atoms with Crippen molar-refractivity contribution in [2.24, 2.45) is 11.8 Å². The molecule has 0 bridgehead atoms. The highest BCUT2D eigenvalue weighted by Gasteiger charge is 2.27. The highest BCUT2D eigenvalue weighted by Crippen LogP contribution is 2.23. The van der Waals surface area contributed by atoms with Gasteiger partial charge in [0.1, 0.15) is 0 Å². The van der Waals surface area contributed by atoms with Crippen molar-refractivity contribution in [2.75, 3.05) is 32.8 Å². The Morgan fingerprint density at radius 2 is 2.07 bits per heavy atom. The van der Waals surface area contributed by atoms with Crippen molar-refractivity contribution in [1.29, 1.82) is 0 Å². The molecule has 0 radical (unpaired) electrons. The molecule has 2 aliphatic heterocycles.